The molecule has 0 saturated heterocycles. The lowest BCUT2D eigenvalue weighted by Crippen LogP contribution is -2.41. The van der Waals surface area contributed by atoms with Gasteiger partial charge in [-0.25, -0.2) is 4.99 Å². The van der Waals surface area contributed by atoms with Gasteiger partial charge in [0, 0.05) is 5.69 Å². The van der Waals surface area contributed by atoms with Crippen molar-refractivity contribution in [1.82, 2.24) is 0 Å². The SMILES string of the molecule is CC1(C)N=NC(=Nc2ccccc2)N1c1ccccc1. The fraction of sp³-hybridized carbons (Fsp3) is 0.188. The summed E-state index contributed by atoms with van der Waals surface area (Å²) in [4.78, 5) is 6.64. The van der Waals surface area contributed by atoms with Crippen molar-refractivity contribution < 1.29 is 0 Å². The first-order valence-electron chi connectivity index (χ1n) is 6.59. The van der Waals surface area contributed by atoms with Crippen LogP contribution in [0.25, 0.3) is 0 Å². The zero-order valence-corrected chi connectivity index (χ0v) is 11.6. The number of aliphatic imine (C=N–C) groups is 1. The summed E-state index contributed by atoms with van der Waals surface area (Å²) < 4.78 is 0. The summed E-state index contributed by atoms with van der Waals surface area (Å²) in [6.45, 7) is 4.05. The third-order valence-corrected chi connectivity index (χ3v) is 3.13. The van der Waals surface area contributed by atoms with Crippen molar-refractivity contribution >= 4 is 17.3 Å². The average molecular weight is 264 g/mol. The van der Waals surface area contributed by atoms with Crippen molar-refractivity contribution in [3.63, 3.8) is 0 Å². The van der Waals surface area contributed by atoms with Crippen LogP contribution in [0.2, 0.25) is 0 Å². The van der Waals surface area contributed by atoms with Crippen molar-refractivity contribution in [1.29, 1.82) is 0 Å². The molecule has 0 bridgehead atoms. The van der Waals surface area contributed by atoms with Crippen LogP contribution in [-0.4, -0.2) is 11.6 Å². The molecule has 0 aliphatic carbocycles. The highest BCUT2D eigenvalue weighted by atomic mass is 15.5. The van der Waals surface area contributed by atoms with Crippen molar-refractivity contribution in [2.24, 2.45) is 15.2 Å². The first kappa shape index (κ1) is 12.5. The molecule has 0 spiro atoms. The van der Waals surface area contributed by atoms with Crippen LogP contribution >= 0.6 is 0 Å². The van der Waals surface area contributed by atoms with E-state index in [9.17, 15) is 0 Å². The molecule has 100 valence electrons. The second-order valence-corrected chi connectivity index (χ2v) is 5.11. The Kier molecular flexibility index (Phi) is 3.06. The van der Waals surface area contributed by atoms with Gasteiger partial charge in [0.25, 0.3) is 5.96 Å². The Morgan fingerprint density at radius 2 is 1.50 bits per heavy atom. The van der Waals surface area contributed by atoms with Crippen molar-refractivity contribution in [2.45, 2.75) is 19.5 Å². The molecule has 0 saturated carbocycles. The normalized spacial score (nSPS) is 18.7. The van der Waals surface area contributed by atoms with E-state index >= 15 is 0 Å². The van der Waals surface area contributed by atoms with Crippen LogP contribution in [-0.2, 0) is 0 Å². The second kappa shape index (κ2) is 4.89. The van der Waals surface area contributed by atoms with Gasteiger partial charge in [0.2, 0.25) is 0 Å². The van der Waals surface area contributed by atoms with Crippen LogP contribution in [0, 0.1) is 0 Å². The van der Waals surface area contributed by atoms with Crippen LogP contribution in [0.3, 0.4) is 0 Å². The molecule has 2 aromatic carbocycles. The van der Waals surface area contributed by atoms with Gasteiger partial charge in [-0.2, -0.15) is 5.11 Å². The molecule has 4 heteroatoms. The molecule has 0 amide bonds. The molecule has 20 heavy (non-hydrogen) atoms. The second-order valence-electron chi connectivity index (χ2n) is 5.11. The van der Waals surface area contributed by atoms with E-state index in [4.69, 9.17) is 0 Å². The molecule has 0 radical (unpaired) electrons. The standard InChI is InChI=1S/C16H16N4/c1-16(2)19-18-15(17-13-9-5-3-6-10-13)20(16)14-11-7-4-8-12-14/h3-12H,1-2H3. The Morgan fingerprint density at radius 3 is 2.15 bits per heavy atom. The Morgan fingerprint density at radius 1 is 0.900 bits per heavy atom. The maximum Gasteiger partial charge on any atom is 0.252 e. The smallest absolute Gasteiger partial charge is 0.252 e. The molecule has 2 aromatic rings. The first-order valence-corrected chi connectivity index (χ1v) is 6.59. The molecular weight excluding hydrogens is 248 g/mol. The third-order valence-electron chi connectivity index (χ3n) is 3.13. The number of rotatable bonds is 2. The minimum absolute atomic E-state index is 0.422. The third kappa shape index (κ3) is 2.32. The lowest BCUT2D eigenvalue weighted by atomic mass is 10.2. The molecule has 4 nitrogen and oxygen atoms in total. The van der Waals surface area contributed by atoms with E-state index in [-0.39, 0.29) is 0 Å². The highest BCUT2D eigenvalue weighted by Gasteiger charge is 2.36. The molecule has 0 N–H and O–H groups in total. The van der Waals surface area contributed by atoms with Gasteiger partial charge < -0.3 is 0 Å². The Bertz CT molecular complexity index is 645. The number of para-hydroxylation sites is 2. The van der Waals surface area contributed by atoms with Crippen LogP contribution in [0.4, 0.5) is 11.4 Å². The van der Waals surface area contributed by atoms with Crippen LogP contribution in [0.15, 0.2) is 75.9 Å². The van der Waals surface area contributed by atoms with Gasteiger partial charge >= 0.3 is 0 Å². The molecule has 1 aliphatic heterocycles. The largest absolute Gasteiger partial charge is 0.282 e. The summed E-state index contributed by atoms with van der Waals surface area (Å²) in [6.07, 6.45) is 0. The van der Waals surface area contributed by atoms with E-state index in [0.29, 0.717) is 5.96 Å². The molecule has 0 fully saturated rings. The Labute approximate surface area is 118 Å². The van der Waals surface area contributed by atoms with Gasteiger partial charge in [0.05, 0.1) is 5.69 Å². The summed E-state index contributed by atoms with van der Waals surface area (Å²) in [7, 11) is 0. The number of hydrogen-bond donors (Lipinski definition) is 0. The number of hydrogen-bond acceptors (Lipinski definition) is 2. The summed E-state index contributed by atoms with van der Waals surface area (Å²) in [5.41, 5.74) is 1.49. The summed E-state index contributed by atoms with van der Waals surface area (Å²) >= 11 is 0. The maximum absolute atomic E-state index is 4.59. The van der Waals surface area contributed by atoms with E-state index in [1.807, 2.05) is 79.4 Å². The number of guanidine groups is 1. The zero-order valence-electron chi connectivity index (χ0n) is 11.6. The minimum Gasteiger partial charge on any atom is -0.282 e. The van der Waals surface area contributed by atoms with Crippen molar-refractivity contribution in [3.8, 4) is 0 Å². The maximum atomic E-state index is 4.59. The van der Waals surface area contributed by atoms with Crippen LogP contribution in [0.1, 0.15) is 13.8 Å². The topological polar surface area (TPSA) is 40.3 Å². The fourth-order valence-electron chi connectivity index (χ4n) is 2.20. The molecular formula is C16H16N4. The van der Waals surface area contributed by atoms with E-state index in [0.717, 1.165) is 11.4 Å². The zero-order chi connectivity index (χ0) is 14.0. The van der Waals surface area contributed by atoms with Crippen molar-refractivity contribution in [3.05, 3.63) is 60.7 Å². The van der Waals surface area contributed by atoms with Crippen molar-refractivity contribution in [2.75, 3.05) is 4.90 Å². The van der Waals surface area contributed by atoms with Gasteiger partial charge in [-0.3, -0.25) is 4.90 Å². The van der Waals surface area contributed by atoms with E-state index in [1.165, 1.54) is 0 Å². The summed E-state index contributed by atoms with van der Waals surface area (Å²) in [5.74, 6) is 0.618. The van der Waals surface area contributed by atoms with Gasteiger partial charge in [-0.05, 0) is 38.1 Å². The molecule has 1 aliphatic rings. The minimum atomic E-state index is -0.422. The van der Waals surface area contributed by atoms with E-state index in [1.54, 1.807) is 0 Å². The van der Waals surface area contributed by atoms with Gasteiger partial charge in [-0.1, -0.05) is 36.4 Å². The average Bonchev–Trinajstić information content (AvgIpc) is 2.76. The highest BCUT2D eigenvalue weighted by Crippen LogP contribution is 2.31. The lowest BCUT2D eigenvalue weighted by molar-refractivity contribution is 0.548. The van der Waals surface area contributed by atoms with E-state index in [2.05, 4.69) is 15.2 Å². The molecule has 0 unspecified atom stereocenters. The molecule has 0 atom stereocenters. The van der Waals surface area contributed by atoms with Crippen LogP contribution < -0.4 is 4.90 Å². The fourth-order valence-corrected chi connectivity index (χ4v) is 2.20. The number of benzene rings is 2. The number of azo groups is 1. The predicted molar refractivity (Wildman–Crippen MR) is 81.4 cm³/mol. The molecule has 0 aromatic heterocycles. The molecule has 1 heterocycles. The van der Waals surface area contributed by atoms with Gasteiger partial charge in [0.15, 0.2) is 5.66 Å². The lowest BCUT2D eigenvalue weighted by Gasteiger charge is -2.29. The van der Waals surface area contributed by atoms with Gasteiger partial charge in [0.1, 0.15) is 0 Å². The molecule has 3 rings (SSSR count). The van der Waals surface area contributed by atoms with Gasteiger partial charge in [-0.15, -0.1) is 5.11 Å². The Balaban J connectivity index is 2.03. The number of nitrogens with zero attached hydrogens (tertiary/aromatic N) is 4. The quantitative estimate of drug-likeness (QED) is 0.793. The number of anilines is 1. The van der Waals surface area contributed by atoms with Crippen LogP contribution in [0.5, 0.6) is 0 Å². The summed E-state index contributed by atoms with van der Waals surface area (Å²) in [5, 5.41) is 8.57. The highest BCUT2D eigenvalue weighted by molar-refractivity contribution is 6.00. The summed E-state index contributed by atoms with van der Waals surface area (Å²) in [6, 6.07) is 19.9. The monoisotopic (exact) mass is 264 g/mol. The predicted octanol–water partition coefficient (Wildman–Crippen LogP) is 4.38. The first-order chi connectivity index (χ1) is 9.67. The van der Waals surface area contributed by atoms with E-state index < -0.39 is 5.66 Å². The Hall–Kier alpha value is -2.49.